The summed E-state index contributed by atoms with van der Waals surface area (Å²) in [5.74, 6) is 0.837. The number of rotatable bonds is 7. The van der Waals surface area contributed by atoms with E-state index < -0.39 is 0 Å². The number of hydrogen-bond donors (Lipinski definition) is 3. The van der Waals surface area contributed by atoms with Gasteiger partial charge in [0.2, 0.25) is 0 Å². The molecule has 1 aromatic heterocycles. The van der Waals surface area contributed by atoms with Gasteiger partial charge in [0.25, 0.3) is 0 Å². The molecule has 30 heavy (non-hydrogen) atoms. The van der Waals surface area contributed by atoms with Gasteiger partial charge in [-0.3, -0.25) is 9.89 Å². The molecule has 3 aromatic rings. The predicted octanol–water partition coefficient (Wildman–Crippen LogP) is 2.95. The van der Waals surface area contributed by atoms with E-state index in [1.165, 1.54) is 22.0 Å². The largest absolute Gasteiger partial charge is 0.379 e. The van der Waals surface area contributed by atoms with Crippen LogP contribution in [0.25, 0.3) is 10.9 Å². The van der Waals surface area contributed by atoms with Crippen LogP contribution >= 0.6 is 0 Å². The van der Waals surface area contributed by atoms with Crippen LogP contribution in [0.4, 0.5) is 0 Å². The molecule has 2 aromatic carbocycles. The molecule has 1 aliphatic heterocycles. The number of para-hydroxylation sites is 1. The summed E-state index contributed by atoms with van der Waals surface area (Å²) in [5.41, 5.74) is 3.83. The Morgan fingerprint density at radius 3 is 2.63 bits per heavy atom. The average molecular weight is 406 g/mol. The summed E-state index contributed by atoms with van der Waals surface area (Å²) in [7, 11) is 1.83. The molecule has 1 unspecified atom stereocenters. The number of aromatic amines is 1. The number of benzene rings is 2. The molecule has 158 valence electrons. The molecule has 6 nitrogen and oxygen atoms in total. The van der Waals surface area contributed by atoms with Crippen molar-refractivity contribution in [2.45, 2.75) is 12.5 Å². The molecule has 1 aliphatic rings. The Morgan fingerprint density at radius 1 is 1.07 bits per heavy atom. The normalized spacial score (nSPS) is 16.5. The lowest BCUT2D eigenvalue weighted by molar-refractivity contribution is 0.0170. The molecule has 0 saturated carbocycles. The average Bonchev–Trinajstić information content (AvgIpc) is 3.22. The van der Waals surface area contributed by atoms with Gasteiger partial charge < -0.3 is 20.4 Å². The van der Waals surface area contributed by atoms with E-state index >= 15 is 0 Å². The monoisotopic (exact) mass is 405 g/mol. The fourth-order valence-corrected chi connectivity index (χ4v) is 4.09. The van der Waals surface area contributed by atoms with E-state index in [0.29, 0.717) is 6.04 Å². The minimum atomic E-state index is 0.294. The van der Waals surface area contributed by atoms with Gasteiger partial charge in [0.05, 0.1) is 19.3 Å². The number of nitrogens with one attached hydrogen (secondary N) is 3. The van der Waals surface area contributed by atoms with E-state index in [-0.39, 0.29) is 0 Å². The molecule has 0 amide bonds. The third kappa shape index (κ3) is 5.01. The first-order chi connectivity index (χ1) is 14.8. The number of ether oxygens (including phenoxy) is 1. The molecule has 6 heteroatoms. The van der Waals surface area contributed by atoms with Crippen molar-refractivity contribution in [2.75, 3.05) is 46.4 Å². The molecule has 1 fully saturated rings. The number of nitrogens with zero attached hydrogens (tertiary/aromatic N) is 2. The lowest BCUT2D eigenvalue weighted by atomic mass is 10.0. The molecule has 0 aliphatic carbocycles. The van der Waals surface area contributed by atoms with Gasteiger partial charge in [-0.15, -0.1) is 0 Å². The fourth-order valence-electron chi connectivity index (χ4n) is 4.09. The molecule has 4 rings (SSSR count). The maximum absolute atomic E-state index is 5.55. The van der Waals surface area contributed by atoms with Gasteiger partial charge in [-0.05, 0) is 23.6 Å². The van der Waals surface area contributed by atoms with E-state index in [9.17, 15) is 0 Å². The van der Waals surface area contributed by atoms with Crippen LogP contribution in [-0.4, -0.2) is 62.3 Å². The first-order valence-electron chi connectivity index (χ1n) is 10.7. The van der Waals surface area contributed by atoms with Gasteiger partial charge in [-0.2, -0.15) is 0 Å². The topological polar surface area (TPSA) is 64.7 Å². The number of fused-ring (bicyclic) bond motifs is 1. The zero-order valence-corrected chi connectivity index (χ0v) is 17.6. The zero-order chi connectivity index (χ0) is 20.6. The van der Waals surface area contributed by atoms with Gasteiger partial charge in [0.1, 0.15) is 0 Å². The van der Waals surface area contributed by atoms with Crippen molar-refractivity contribution in [3.63, 3.8) is 0 Å². The molecular weight excluding hydrogens is 374 g/mol. The summed E-state index contributed by atoms with van der Waals surface area (Å²) in [6.07, 6.45) is 3.04. The maximum Gasteiger partial charge on any atom is 0.191 e. The number of hydrogen-bond acceptors (Lipinski definition) is 3. The van der Waals surface area contributed by atoms with Crippen molar-refractivity contribution in [3.8, 4) is 0 Å². The Balaban J connectivity index is 1.33. The Kier molecular flexibility index (Phi) is 7.00. The number of H-pyrrole nitrogens is 1. The molecule has 1 atom stereocenters. The smallest absolute Gasteiger partial charge is 0.191 e. The van der Waals surface area contributed by atoms with Gasteiger partial charge in [-0.25, -0.2) is 0 Å². The van der Waals surface area contributed by atoms with Crippen LogP contribution in [0, 0.1) is 0 Å². The number of morpholine rings is 1. The van der Waals surface area contributed by atoms with Crippen molar-refractivity contribution < 1.29 is 4.74 Å². The highest BCUT2D eigenvalue weighted by Gasteiger charge is 2.22. The molecule has 2 heterocycles. The fraction of sp³-hybridized carbons (Fsp3) is 0.375. The number of guanidine groups is 1. The summed E-state index contributed by atoms with van der Waals surface area (Å²) in [5, 5.41) is 8.29. The van der Waals surface area contributed by atoms with Crippen LogP contribution in [0.1, 0.15) is 17.2 Å². The van der Waals surface area contributed by atoms with Crippen molar-refractivity contribution >= 4 is 16.9 Å². The quantitative estimate of drug-likeness (QED) is 0.418. The highest BCUT2D eigenvalue weighted by atomic mass is 16.5. The lowest BCUT2D eigenvalue weighted by Gasteiger charge is -2.35. The molecule has 0 radical (unpaired) electrons. The second kappa shape index (κ2) is 10.3. The lowest BCUT2D eigenvalue weighted by Crippen LogP contribution is -2.46. The van der Waals surface area contributed by atoms with E-state index in [2.05, 4.69) is 86.3 Å². The van der Waals surface area contributed by atoms with Crippen molar-refractivity contribution in [1.82, 2.24) is 20.5 Å². The first kappa shape index (κ1) is 20.4. The second-order valence-corrected chi connectivity index (χ2v) is 7.56. The zero-order valence-electron chi connectivity index (χ0n) is 17.6. The highest BCUT2D eigenvalue weighted by molar-refractivity contribution is 5.83. The summed E-state index contributed by atoms with van der Waals surface area (Å²) in [6, 6.07) is 19.4. The number of aromatic nitrogens is 1. The Morgan fingerprint density at radius 2 is 1.83 bits per heavy atom. The molecule has 0 spiro atoms. The van der Waals surface area contributed by atoms with Crippen molar-refractivity contribution in [1.29, 1.82) is 0 Å². The van der Waals surface area contributed by atoms with Crippen LogP contribution in [0.15, 0.2) is 65.8 Å². The minimum absolute atomic E-state index is 0.294. The Labute approximate surface area is 178 Å². The molecular formula is C24H31N5O. The van der Waals surface area contributed by atoms with Gasteiger partial charge in [0.15, 0.2) is 5.96 Å². The molecule has 1 saturated heterocycles. The third-order valence-electron chi connectivity index (χ3n) is 5.72. The van der Waals surface area contributed by atoms with E-state index in [1.807, 2.05) is 7.05 Å². The number of aliphatic imine (C=N–C) groups is 1. The highest BCUT2D eigenvalue weighted by Crippen LogP contribution is 2.21. The van der Waals surface area contributed by atoms with Crippen molar-refractivity contribution in [3.05, 3.63) is 71.9 Å². The molecule has 0 bridgehead atoms. The first-order valence-corrected chi connectivity index (χ1v) is 10.7. The van der Waals surface area contributed by atoms with Crippen molar-refractivity contribution in [2.24, 2.45) is 4.99 Å². The Hall–Kier alpha value is -2.83. The van der Waals surface area contributed by atoms with Gasteiger partial charge >= 0.3 is 0 Å². The van der Waals surface area contributed by atoms with Crippen LogP contribution in [0.3, 0.4) is 0 Å². The summed E-state index contributed by atoms with van der Waals surface area (Å²) < 4.78 is 5.55. The van der Waals surface area contributed by atoms with Crippen LogP contribution in [0.5, 0.6) is 0 Å². The molecule has 3 N–H and O–H groups in total. The Bertz CT molecular complexity index is 946. The third-order valence-corrected chi connectivity index (χ3v) is 5.72. The van der Waals surface area contributed by atoms with E-state index in [0.717, 1.165) is 51.8 Å². The summed E-state index contributed by atoms with van der Waals surface area (Å²) >= 11 is 0. The van der Waals surface area contributed by atoms with E-state index in [1.54, 1.807) is 0 Å². The standard InChI is InChI=1S/C24H31N5O/c1-25-24(26-12-11-20-17-27-22-10-6-5-9-21(20)22)28-18-23(19-7-3-2-4-8-19)29-13-15-30-16-14-29/h2-10,17,23,27H,11-16,18H2,1H3,(H2,25,26,28). The maximum atomic E-state index is 5.55. The summed E-state index contributed by atoms with van der Waals surface area (Å²) in [6.45, 7) is 5.12. The van der Waals surface area contributed by atoms with Crippen LogP contribution in [-0.2, 0) is 11.2 Å². The predicted molar refractivity (Wildman–Crippen MR) is 123 cm³/mol. The second-order valence-electron chi connectivity index (χ2n) is 7.56. The van der Waals surface area contributed by atoms with Gasteiger partial charge in [-0.1, -0.05) is 48.5 Å². The van der Waals surface area contributed by atoms with Crippen LogP contribution in [0.2, 0.25) is 0 Å². The SMILES string of the molecule is CN=C(NCCc1c[nH]c2ccccc12)NCC(c1ccccc1)N1CCOCC1. The van der Waals surface area contributed by atoms with Gasteiger partial charge in [0, 0.05) is 50.3 Å². The van der Waals surface area contributed by atoms with Crippen LogP contribution < -0.4 is 10.6 Å². The summed E-state index contributed by atoms with van der Waals surface area (Å²) in [4.78, 5) is 10.3. The minimum Gasteiger partial charge on any atom is -0.379 e. The van der Waals surface area contributed by atoms with E-state index in [4.69, 9.17) is 4.74 Å².